The summed E-state index contributed by atoms with van der Waals surface area (Å²) in [6, 6.07) is 11.3. The molecule has 194 valence electrons. The number of rotatable bonds is 6. The van der Waals surface area contributed by atoms with Crippen molar-refractivity contribution in [1.29, 1.82) is 0 Å². The summed E-state index contributed by atoms with van der Waals surface area (Å²) in [7, 11) is 0. The number of halogens is 4. The van der Waals surface area contributed by atoms with Gasteiger partial charge in [-0.3, -0.25) is 4.79 Å². The van der Waals surface area contributed by atoms with E-state index in [4.69, 9.17) is 11.6 Å². The number of nitrogens with one attached hydrogen (secondary N) is 1. The number of carboxylic acids is 1. The fourth-order valence-corrected chi connectivity index (χ4v) is 5.06. The molecule has 0 radical (unpaired) electrons. The van der Waals surface area contributed by atoms with Crippen LogP contribution >= 0.6 is 34.2 Å². The molecule has 3 aromatic rings. The van der Waals surface area contributed by atoms with Crippen molar-refractivity contribution in [2.45, 2.75) is 13.5 Å². The van der Waals surface area contributed by atoms with Gasteiger partial charge < -0.3 is 25.3 Å². The SMILES string of the molecule is Cc1cc(I)ccc1Nc1c(C(=O)O)cc(C(=O)N2CCN(c3ccc(CO)c(Cl)c3)CC2)c(F)c1F. The maximum Gasteiger partial charge on any atom is 0.337 e. The first-order valence-electron chi connectivity index (χ1n) is 11.3. The summed E-state index contributed by atoms with van der Waals surface area (Å²) in [5.41, 5.74) is 0.818. The van der Waals surface area contributed by atoms with E-state index < -0.39 is 40.3 Å². The number of amides is 1. The number of aryl methyl sites for hydroxylation is 1. The second kappa shape index (κ2) is 11.2. The number of hydrogen-bond acceptors (Lipinski definition) is 5. The fraction of sp³-hybridized carbons (Fsp3) is 0.231. The number of carboxylic acid groups (broad SMARTS) is 1. The van der Waals surface area contributed by atoms with E-state index in [9.17, 15) is 19.8 Å². The van der Waals surface area contributed by atoms with Crippen LogP contribution in [0.25, 0.3) is 0 Å². The third-order valence-electron chi connectivity index (χ3n) is 6.25. The molecule has 1 aliphatic rings. The minimum atomic E-state index is -1.49. The van der Waals surface area contributed by atoms with Crippen LogP contribution in [0.3, 0.4) is 0 Å². The number of carbonyl (C=O) groups is 2. The topological polar surface area (TPSA) is 93.1 Å². The molecule has 11 heteroatoms. The molecule has 3 N–H and O–H groups in total. The molecule has 37 heavy (non-hydrogen) atoms. The lowest BCUT2D eigenvalue weighted by molar-refractivity contribution is 0.0697. The van der Waals surface area contributed by atoms with Crippen LogP contribution in [-0.2, 0) is 6.61 Å². The van der Waals surface area contributed by atoms with E-state index in [1.165, 1.54) is 4.90 Å². The third-order valence-corrected chi connectivity index (χ3v) is 7.28. The van der Waals surface area contributed by atoms with Gasteiger partial charge in [0.2, 0.25) is 0 Å². The van der Waals surface area contributed by atoms with E-state index >= 15 is 8.78 Å². The highest BCUT2D eigenvalue weighted by atomic mass is 127. The predicted molar refractivity (Wildman–Crippen MR) is 146 cm³/mol. The lowest BCUT2D eigenvalue weighted by Crippen LogP contribution is -2.49. The van der Waals surface area contributed by atoms with E-state index in [-0.39, 0.29) is 19.7 Å². The minimum absolute atomic E-state index is 0.180. The predicted octanol–water partition coefficient (Wildman–Crippen LogP) is 5.43. The van der Waals surface area contributed by atoms with Crippen molar-refractivity contribution in [2.24, 2.45) is 0 Å². The van der Waals surface area contributed by atoms with Gasteiger partial charge in [-0.2, -0.15) is 0 Å². The Balaban J connectivity index is 1.56. The molecule has 7 nitrogen and oxygen atoms in total. The number of aliphatic hydroxyl groups excluding tert-OH is 1. The molecule has 0 aromatic heterocycles. The van der Waals surface area contributed by atoms with E-state index in [1.807, 2.05) is 17.0 Å². The number of nitrogens with zero attached hydrogens (tertiary/aromatic N) is 2. The van der Waals surface area contributed by atoms with Gasteiger partial charge >= 0.3 is 5.97 Å². The average molecular weight is 642 g/mol. The van der Waals surface area contributed by atoms with Crippen LogP contribution in [0.1, 0.15) is 31.8 Å². The van der Waals surface area contributed by atoms with Crippen LogP contribution < -0.4 is 10.2 Å². The Morgan fingerprint density at radius 1 is 1.03 bits per heavy atom. The Morgan fingerprint density at radius 3 is 2.32 bits per heavy atom. The number of benzene rings is 3. The van der Waals surface area contributed by atoms with Crippen LogP contribution in [0.4, 0.5) is 25.8 Å². The van der Waals surface area contributed by atoms with E-state index in [1.54, 1.807) is 31.2 Å². The van der Waals surface area contributed by atoms with Gasteiger partial charge in [0.05, 0.1) is 23.4 Å². The number of aliphatic hydroxyl groups is 1. The van der Waals surface area contributed by atoms with Gasteiger partial charge in [0, 0.05) is 46.1 Å². The Labute approximate surface area is 230 Å². The Morgan fingerprint density at radius 2 is 1.73 bits per heavy atom. The molecule has 0 saturated carbocycles. The smallest absolute Gasteiger partial charge is 0.337 e. The van der Waals surface area contributed by atoms with Crippen molar-refractivity contribution in [3.63, 3.8) is 0 Å². The van der Waals surface area contributed by atoms with Gasteiger partial charge in [0.1, 0.15) is 0 Å². The molecule has 0 aliphatic carbocycles. The zero-order chi connectivity index (χ0) is 26.9. The molecule has 1 saturated heterocycles. The first kappa shape index (κ1) is 27.1. The molecule has 0 atom stereocenters. The highest BCUT2D eigenvalue weighted by Crippen LogP contribution is 2.32. The second-order valence-corrected chi connectivity index (χ2v) is 10.2. The second-order valence-electron chi connectivity index (χ2n) is 8.58. The van der Waals surface area contributed by atoms with Crippen molar-refractivity contribution in [1.82, 2.24) is 4.90 Å². The Hall–Kier alpha value is -2.96. The van der Waals surface area contributed by atoms with Crippen LogP contribution in [0.2, 0.25) is 5.02 Å². The fourth-order valence-electron chi connectivity index (χ4n) is 4.17. The number of carbonyl (C=O) groups excluding carboxylic acids is 1. The molecule has 0 bridgehead atoms. The molecule has 3 aromatic carbocycles. The average Bonchev–Trinajstić information content (AvgIpc) is 2.87. The van der Waals surface area contributed by atoms with Gasteiger partial charge in [0.15, 0.2) is 11.6 Å². The zero-order valence-electron chi connectivity index (χ0n) is 19.7. The standard InChI is InChI=1S/C26H23ClF2IN3O4/c1-14-10-16(30)3-5-21(14)31-24-19(26(36)37)12-18(22(28)23(24)29)25(35)33-8-6-32(7-9-33)17-4-2-15(13-34)20(27)11-17/h2-5,10-12,31,34H,6-9,13H2,1H3,(H,36,37). The van der Waals surface area contributed by atoms with Crippen molar-refractivity contribution in [3.05, 3.63) is 84.9 Å². The Bertz CT molecular complexity index is 1380. The lowest BCUT2D eigenvalue weighted by Gasteiger charge is -2.36. The van der Waals surface area contributed by atoms with Crippen LogP contribution in [0.15, 0.2) is 42.5 Å². The van der Waals surface area contributed by atoms with E-state index in [0.29, 0.717) is 34.9 Å². The molecule has 0 unspecified atom stereocenters. The quantitative estimate of drug-likeness (QED) is 0.311. The number of hydrogen-bond donors (Lipinski definition) is 3. The van der Waals surface area contributed by atoms with Crippen molar-refractivity contribution in [3.8, 4) is 0 Å². The molecule has 1 amide bonds. The molecule has 4 rings (SSSR count). The number of anilines is 3. The molecule has 1 aliphatic heterocycles. The van der Waals surface area contributed by atoms with Gasteiger partial charge in [-0.05, 0) is 77.0 Å². The normalized spacial score (nSPS) is 13.6. The lowest BCUT2D eigenvalue weighted by atomic mass is 10.0. The summed E-state index contributed by atoms with van der Waals surface area (Å²) in [6.07, 6.45) is 0. The molecular formula is C26H23ClF2IN3O4. The zero-order valence-corrected chi connectivity index (χ0v) is 22.6. The van der Waals surface area contributed by atoms with E-state index in [2.05, 4.69) is 27.9 Å². The van der Waals surface area contributed by atoms with Crippen LogP contribution in [0, 0.1) is 22.1 Å². The largest absolute Gasteiger partial charge is 0.478 e. The van der Waals surface area contributed by atoms with Gasteiger partial charge in [-0.15, -0.1) is 0 Å². The highest BCUT2D eigenvalue weighted by Gasteiger charge is 2.30. The number of aromatic carboxylic acids is 1. The van der Waals surface area contributed by atoms with Crippen molar-refractivity contribution in [2.75, 3.05) is 36.4 Å². The van der Waals surface area contributed by atoms with Gasteiger partial charge in [0.25, 0.3) is 5.91 Å². The summed E-state index contributed by atoms with van der Waals surface area (Å²) >= 11 is 8.29. The first-order chi connectivity index (χ1) is 17.6. The number of piperazine rings is 1. The van der Waals surface area contributed by atoms with Crippen LogP contribution in [-0.4, -0.2) is 53.2 Å². The molecule has 1 fully saturated rings. The van der Waals surface area contributed by atoms with Crippen LogP contribution in [0.5, 0.6) is 0 Å². The van der Waals surface area contributed by atoms with Crippen molar-refractivity contribution >= 4 is 63.1 Å². The van der Waals surface area contributed by atoms with E-state index in [0.717, 1.165) is 15.3 Å². The third kappa shape index (κ3) is 5.65. The maximum absolute atomic E-state index is 15.2. The maximum atomic E-state index is 15.2. The summed E-state index contributed by atoms with van der Waals surface area (Å²) < 4.78 is 31.2. The molecular weight excluding hydrogens is 619 g/mol. The summed E-state index contributed by atoms with van der Waals surface area (Å²) in [4.78, 5) is 28.4. The monoisotopic (exact) mass is 641 g/mol. The van der Waals surface area contributed by atoms with Gasteiger partial charge in [-0.1, -0.05) is 17.7 Å². The first-order valence-corrected chi connectivity index (χ1v) is 12.8. The van der Waals surface area contributed by atoms with Crippen molar-refractivity contribution < 1.29 is 28.6 Å². The summed E-state index contributed by atoms with van der Waals surface area (Å²) in [5, 5.41) is 22.1. The summed E-state index contributed by atoms with van der Waals surface area (Å²) in [6.45, 7) is 2.81. The summed E-state index contributed by atoms with van der Waals surface area (Å²) in [5.74, 6) is -5.12. The Kier molecular flexibility index (Phi) is 8.20. The minimum Gasteiger partial charge on any atom is -0.478 e. The molecule has 1 heterocycles. The highest BCUT2D eigenvalue weighted by molar-refractivity contribution is 14.1. The molecule has 0 spiro atoms. The van der Waals surface area contributed by atoms with Gasteiger partial charge in [-0.25, -0.2) is 13.6 Å².